The maximum Gasteiger partial charge on any atom is 0.349 e. The highest BCUT2D eigenvalue weighted by Gasteiger charge is 2.19. The van der Waals surface area contributed by atoms with E-state index in [1.165, 1.54) is 19.3 Å². The normalized spacial score (nSPS) is 16.0. The summed E-state index contributed by atoms with van der Waals surface area (Å²) in [6.07, 6.45) is 7.40. The highest BCUT2D eigenvalue weighted by molar-refractivity contribution is 5.82. The second kappa shape index (κ2) is 7.88. The molecule has 152 valence electrons. The van der Waals surface area contributed by atoms with Gasteiger partial charge in [0.1, 0.15) is 6.33 Å². The van der Waals surface area contributed by atoms with Gasteiger partial charge < -0.3 is 0 Å². The number of hydrogen-bond acceptors (Lipinski definition) is 4. The predicted octanol–water partition coefficient (Wildman–Crippen LogP) is 4.25. The van der Waals surface area contributed by atoms with E-state index in [9.17, 15) is 4.79 Å². The maximum absolute atomic E-state index is 12.8. The third-order valence-corrected chi connectivity index (χ3v) is 6.03. The number of piperidine rings is 1. The molecule has 3 heterocycles. The summed E-state index contributed by atoms with van der Waals surface area (Å²) in [5.41, 5.74) is 4.34. The van der Waals surface area contributed by atoms with Crippen LogP contribution in [0, 0.1) is 0 Å². The zero-order valence-electron chi connectivity index (χ0n) is 17.1. The second-order valence-electron chi connectivity index (χ2n) is 7.88. The molecule has 6 heteroatoms. The molecule has 1 fully saturated rings. The SMILES string of the molecule is CC(N1CCCCC1)n1ccc(-c2ccc3c(c2)ncn3-c2ccccc2)nc1=O. The molecule has 0 saturated carbocycles. The number of nitrogens with zero attached hydrogens (tertiary/aromatic N) is 5. The van der Waals surface area contributed by atoms with Crippen molar-refractivity contribution in [2.24, 2.45) is 0 Å². The van der Waals surface area contributed by atoms with Gasteiger partial charge in [0.25, 0.3) is 0 Å². The van der Waals surface area contributed by atoms with E-state index < -0.39 is 0 Å². The maximum atomic E-state index is 12.8. The van der Waals surface area contributed by atoms with Gasteiger partial charge in [-0.15, -0.1) is 0 Å². The molecule has 2 aromatic heterocycles. The van der Waals surface area contributed by atoms with Crippen LogP contribution in [0.2, 0.25) is 0 Å². The van der Waals surface area contributed by atoms with Crippen molar-refractivity contribution in [3.8, 4) is 16.9 Å². The summed E-state index contributed by atoms with van der Waals surface area (Å²) >= 11 is 0. The number of hydrogen-bond donors (Lipinski definition) is 0. The molecule has 0 amide bonds. The molecule has 1 unspecified atom stereocenters. The molecule has 30 heavy (non-hydrogen) atoms. The smallest absolute Gasteiger partial charge is 0.299 e. The van der Waals surface area contributed by atoms with E-state index >= 15 is 0 Å². The number of rotatable bonds is 4. The Morgan fingerprint density at radius 3 is 2.53 bits per heavy atom. The Morgan fingerprint density at radius 2 is 1.77 bits per heavy atom. The zero-order chi connectivity index (χ0) is 20.5. The van der Waals surface area contributed by atoms with Gasteiger partial charge >= 0.3 is 5.69 Å². The Bertz CT molecular complexity index is 1220. The van der Waals surface area contributed by atoms with Crippen molar-refractivity contribution in [1.29, 1.82) is 0 Å². The van der Waals surface area contributed by atoms with Gasteiger partial charge in [-0.05, 0) is 50.1 Å². The molecule has 0 aliphatic carbocycles. The molecule has 1 aliphatic rings. The van der Waals surface area contributed by atoms with Gasteiger partial charge in [-0.3, -0.25) is 14.0 Å². The lowest BCUT2D eigenvalue weighted by molar-refractivity contribution is 0.123. The highest BCUT2D eigenvalue weighted by atomic mass is 16.1. The first-order valence-corrected chi connectivity index (χ1v) is 10.6. The number of fused-ring (bicyclic) bond motifs is 1. The highest BCUT2D eigenvalue weighted by Crippen LogP contribution is 2.24. The fourth-order valence-electron chi connectivity index (χ4n) is 4.29. The summed E-state index contributed by atoms with van der Waals surface area (Å²) in [5.74, 6) is 0. The van der Waals surface area contributed by atoms with Gasteiger partial charge in [0, 0.05) is 30.5 Å². The summed E-state index contributed by atoms with van der Waals surface area (Å²) < 4.78 is 3.79. The molecule has 4 aromatic rings. The minimum absolute atomic E-state index is 0.0309. The molecule has 5 rings (SSSR count). The minimum atomic E-state index is -0.208. The molecule has 6 nitrogen and oxygen atoms in total. The van der Waals surface area contributed by atoms with Crippen LogP contribution in [0.3, 0.4) is 0 Å². The van der Waals surface area contributed by atoms with Crippen molar-refractivity contribution in [1.82, 2.24) is 24.0 Å². The van der Waals surface area contributed by atoms with Gasteiger partial charge in [-0.2, -0.15) is 4.98 Å². The number of likely N-dealkylation sites (tertiary alicyclic amines) is 1. The summed E-state index contributed by atoms with van der Waals surface area (Å²) in [6, 6.07) is 18.1. The van der Waals surface area contributed by atoms with E-state index in [1.807, 2.05) is 55.0 Å². The van der Waals surface area contributed by atoms with Crippen molar-refractivity contribution in [2.75, 3.05) is 13.1 Å². The molecule has 2 aromatic carbocycles. The van der Waals surface area contributed by atoms with Crippen LogP contribution in [0.4, 0.5) is 0 Å². The number of imidazole rings is 1. The average Bonchev–Trinajstić information content (AvgIpc) is 3.23. The Labute approximate surface area is 175 Å². The van der Waals surface area contributed by atoms with Gasteiger partial charge in [-0.25, -0.2) is 9.78 Å². The van der Waals surface area contributed by atoms with E-state index in [1.54, 1.807) is 4.57 Å². The van der Waals surface area contributed by atoms with E-state index in [0.29, 0.717) is 5.69 Å². The molecule has 1 aliphatic heterocycles. The third kappa shape index (κ3) is 3.44. The molecule has 1 atom stereocenters. The Hall–Kier alpha value is -3.25. The standard InChI is InChI=1S/C24H25N5O/c1-18(27-13-6-3-7-14-27)28-15-12-21(26-24(28)30)19-10-11-23-22(16-19)25-17-29(23)20-8-4-2-5-9-20/h2,4-5,8-12,15-18H,3,6-7,13-14H2,1H3. The molecule has 0 spiro atoms. The van der Waals surface area contributed by atoms with Gasteiger partial charge in [0.05, 0.1) is 22.9 Å². The summed E-state index contributed by atoms with van der Waals surface area (Å²) in [6.45, 7) is 4.16. The Morgan fingerprint density at radius 1 is 0.967 bits per heavy atom. The monoisotopic (exact) mass is 399 g/mol. The lowest BCUT2D eigenvalue weighted by atomic mass is 10.1. The predicted molar refractivity (Wildman–Crippen MR) is 119 cm³/mol. The lowest BCUT2D eigenvalue weighted by Crippen LogP contribution is -2.39. The van der Waals surface area contributed by atoms with E-state index in [-0.39, 0.29) is 11.9 Å². The van der Waals surface area contributed by atoms with Gasteiger partial charge in [0.2, 0.25) is 0 Å². The quantitative estimate of drug-likeness (QED) is 0.515. The Kier molecular flexibility index (Phi) is 4.93. The minimum Gasteiger partial charge on any atom is -0.299 e. The Balaban J connectivity index is 1.45. The van der Waals surface area contributed by atoms with Crippen LogP contribution in [0.1, 0.15) is 32.4 Å². The first kappa shape index (κ1) is 18.8. The number of benzene rings is 2. The summed E-state index contributed by atoms with van der Waals surface area (Å²) in [7, 11) is 0. The molecule has 1 saturated heterocycles. The first-order chi connectivity index (χ1) is 14.7. The van der Waals surface area contributed by atoms with Crippen molar-refractivity contribution in [3.63, 3.8) is 0 Å². The summed E-state index contributed by atoms with van der Waals surface area (Å²) in [5, 5.41) is 0. The van der Waals surface area contributed by atoms with E-state index in [4.69, 9.17) is 0 Å². The van der Waals surface area contributed by atoms with E-state index in [2.05, 4.69) is 38.5 Å². The topological polar surface area (TPSA) is 56.0 Å². The van der Waals surface area contributed by atoms with E-state index in [0.717, 1.165) is 35.4 Å². The van der Waals surface area contributed by atoms with Crippen LogP contribution in [0.5, 0.6) is 0 Å². The fourth-order valence-corrected chi connectivity index (χ4v) is 4.29. The van der Waals surface area contributed by atoms with Crippen LogP contribution in [0.25, 0.3) is 28.0 Å². The average molecular weight is 399 g/mol. The molecule has 0 bridgehead atoms. The van der Waals surface area contributed by atoms with Crippen molar-refractivity contribution in [3.05, 3.63) is 77.6 Å². The van der Waals surface area contributed by atoms with Crippen LogP contribution >= 0.6 is 0 Å². The first-order valence-electron chi connectivity index (χ1n) is 10.6. The van der Waals surface area contributed by atoms with Crippen LogP contribution in [-0.4, -0.2) is 37.1 Å². The second-order valence-corrected chi connectivity index (χ2v) is 7.88. The summed E-state index contributed by atoms with van der Waals surface area (Å²) in [4.78, 5) is 24.0. The number of para-hydroxylation sites is 1. The molecular weight excluding hydrogens is 374 g/mol. The lowest BCUT2D eigenvalue weighted by Gasteiger charge is -2.33. The number of aromatic nitrogens is 4. The molecule has 0 radical (unpaired) electrons. The molecule has 0 N–H and O–H groups in total. The van der Waals surface area contributed by atoms with Crippen molar-refractivity contribution >= 4 is 11.0 Å². The van der Waals surface area contributed by atoms with Gasteiger partial charge in [-0.1, -0.05) is 30.7 Å². The fraction of sp³-hybridized carbons (Fsp3) is 0.292. The largest absolute Gasteiger partial charge is 0.349 e. The third-order valence-electron chi connectivity index (χ3n) is 6.03. The van der Waals surface area contributed by atoms with Crippen LogP contribution in [0.15, 0.2) is 71.9 Å². The molecular formula is C24H25N5O. The van der Waals surface area contributed by atoms with Crippen molar-refractivity contribution in [2.45, 2.75) is 32.4 Å². The van der Waals surface area contributed by atoms with Gasteiger partial charge in [0.15, 0.2) is 0 Å². The zero-order valence-corrected chi connectivity index (χ0v) is 17.1. The van der Waals surface area contributed by atoms with Crippen LogP contribution < -0.4 is 5.69 Å². The van der Waals surface area contributed by atoms with Crippen molar-refractivity contribution < 1.29 is 0 Å². The van der Waals surface area contributed by atoms with Crippen LogP contribution in [-0.2, 0) is 0 Å².